The number of piperidine rings is 1. The van der Waals surface area contributed by atoms with Gasteiger partial charge in [-0.15, -0.1) is 11.3 Å². The highest BCUT2D eigenvalue weighted by atomic mass is 32.1. The molecular formula is C21H26N6OS. The summed E-state index contributed by atoms with van der Waals surface area (Å²) in [4.78, 5) is 31.2. The van der Waals surface area contributed by atoms with Gasteiger partial charge in [-0.1, -0.05) is 6.92 Å². The third kappa shape index (κ3) is 3.53. The molecule has 0 aliphatic carbocycles. The molecule has 2 N–H and O–H groups in total. The Bertz CT molecular complexity index is 1070. The Labute approximate surface area is 174 Å². The number of nitrogens with zero attached hydrogens (tertiary/aromatic N) is 5. The van der Waals surface area contributed by atoms with Gasteiger partial charge in [0.05, 0.1) is 5.69 Å². The van der Waals surface area contributed by atoms with E-state index in [1.165, 1.54) is 11.3 Å². The molecule has 4 rings (SSSR count). The second-order valence-corrected chi connectivity index (χ2v) is 9.16. The van der Waals surface area contributed by atoms with Crippen LogP contribution in [0.4, 0.5) is 11.5 Å². The molecule has 1 fully saturated rings. The standard InChI is InChI=1S/C21H26N6OS/c1-13-11-16(24-12-23-13)27-9-7-21(2,8-10-27)15-6-5-14-17(22)18(20(28)26(3)4)29-19(14)25-15/h5-6,11-12H,7-10,22H2,1-4H3. The first-order chi connectivity index (χ1) is 13.8. The zero-order chi connectivity index (χ0) is 20.8. The van der Waals surface area contributed by atoms with Crippen molar-refractivity contribution >= 4 is 39.0 Å². The molecule has 8 heteroatoms. The van der Waals surface area contributed by atoms with E-state index >= 15 is 0 Å². The number of rotatable bonds is 3. The van der Waals surface area contributed by atoms with Crippen LogP contribution < -0.4 is 10.6 Å². The van der Waals surface area contributed by atoms with Crippen molar-refractivity contribution in [3.8, 4) is 0 Å². The number of pyridine rings is 1. The molecule has 4 heterocycles. The molecule has 3 aromatic rings. The lowest BCUT2D eigenvalue weighted by molar-refractivity contribution is 0.0833. The van der Waals surface area contributed by atoms with Gasteiger partial charge in [0, 0.05) is 55.4 Å². The maximum absolute atomic E-state index is 12.4. The van der Waals surface area contributed by atoms with Crippen LogP contribution in [0.2, 0.25) is 0 Å². The molecule has 0 atom stereocenters. The maximum Gasteiger partial charge on any atom is 0.265 e. The molecule has 7 nitrogen and oxygen atoms in total. The first-order valence-electron chi connectivity index (χ1n) is 9.73. The number of anilines is 2. The number of thiophene rings is 1. The minimum absolute atomic E-state index is 0.0166. The van der Waals surface area contributed by atoms with Gasteiger partial charge in [0.15, 0.2) is 0 Å². The van der Waals surface area contributed by atoms with Crippen molar-refractivity contribution in [3.63, 3.8) is 0 Å². The van der Waals surface area contributed by atoms with Crippen molar-refractivity contribution in [1.29, 1.82) is 0 Å². The first kappa shape index (κ1) is 19.6. The van der Waals surface area contributed by atoms with E-state index in [1.54, 1.807) is 25.3 Å². The predicted octanol–water partition coefficient (Wildman–Crippen LogP) is 3.24. The van der Waals surface area contributed by atoms with Gasteiger partial charge in [-0.3, -0.25) is 4.79 Å². The van der Waals surface area contributed by atoms with Gasteiger partial charge >= 0.3 is 0 Å². The first-order valence-corrected chi connectivity index (χ1v) is 10.5. The summed E-state index contributed by atoms with van der Waals surface area (Å²) in [6, 6.07) is 6.12. The number of amides is 1. The molecule has 29 heavy (non-hydrogen) atoms. The van der Waals surface area contributed by atoms with Crippen molar-refractivity contribution in [2.45, 2.75) is 32.1 Å². The predicted molar refractivity (Wildman–Crippen MR) is 118 cm³/mol. The van der Waals surface area contributed by atoms with Crippen LogP contribution in [0, 0.1) is 6.92 Å². The fourth-order valence-corrected chi connectivity index (χ4v) is 4.91. The molecule has 1 amide bonds. The zero-order valence-electron chi connectivity index (χ0n) is 17.3. The van der Waals surface area contributed by atoms with Crippen LogP contribution in [0.25, 0.3) is 10.2 Å². The third-order valence-corrected chi connectivity index (χ3v) is 6.90. The van der Waals surface area contributed by atoms with Gasteiger partial charge in [-0.05, 0) is 31.9 Å². The van der Waals surface area contributed by atoms with E-state index in [0.717, 1.165) is 53.4 Å². The van der Waals surface area contributed by atoms with Crippen LogP contribution in [0.1, 0.15) is 40.8 Å². The smallest absolute Gasteiger partial charge is 0.265 e. The van der Waals surface area contributed by atoms with E-state index < -0.39 is 0 Å². The topological polar surface area (TPSA) is 88.2 Å². The Morgan fingerprint density at radius 1 is 1.24 bits per heavy atom. The second-order valence-electron chi connectivity index (χ2n) is 8.16. The van der Waals surface area contributed by atoms with Gasteiger partial charge < -0.3 is 15.5 Å². The van der Waals surface area contributed by atoms with Crippen molar-refractivity contribution in [1.82, 2.24) is 19.9 Å². The van der Waals surface area contributed by atoms with Gasteiger partial charge in [0.1, 0.15) is 21.9 Å². The minimum Gasteiger partial charge on any atom is -0.397 e. The molecule has 1 aliphatic heterocycles. The Morgan fingerprint density at radius 3 is 2.62 bits per heavy atom. The van der Waals surface area contributed by atoms with Gasteiger partial charge in [-0.25, -0.2) is 15.0 Å². The fraction of sp³-hybridized carbons (Fsp3) is 0.429. The minimum atomic E-state index is -0.0771. The number of hydrogen-bond donors (Lipinski definition) is 1. The summed E-state index contributed by atoms with van der Waals surface area (Å²) in [5.74, 6) is 0.910. The quantitative estimate of drug-likeness (QED) is 0.713. The van der Waals surface area contributed by atoms with E-state index in [0.29, 0.717) is 10.6 Å². The number of hydrogen-bond acceptors (Lipinski definition) is 7. The van der Waals surface area contributed by atoms with E-state index in [1.807, 2.05) is 19.1 Å². The normalized spacial score (nSPS) is 16.2. The highest BCUT2D eigenvalue weighted by Crippen LogP contribution is 2.39. The van der Waals surface area contributed by atoms with Gasteiger partial charge in [0.2, 0.25) is 0 Å². The van der Waals surface area contributed by atoms with Crippen molar-refractivity contribution in [2.75, 3.05) is 37.8 Å². The molecule has 3 aromatic heterocycles. The molecule has 0 unspecified atom stereocenters. The van der Waals surface area contributed by atoms with Crippen LogP contribution in [0.5, 0.6) is 0 Å². The highest BCUT2D eigenvalue weighted by molar-refractivity contribution is 7.21. The summed E-state index contributed by atoms with van der Waals surface area (Å²) in [5, 5.41) is 0.862. The summed E-state index contributed by atoms with van der Waals surface area (Å²) >= 11 is 1.38. The highest BCUT2D eigenvalue weighted by Gasteiger charge is 2.34. The van der Waals surface area contributed by atoms with Crippen LogP contribution in [-0.2, 0) is 5.41 Å². The van der Waals surface area contributed by atoms with E-state index in [9.17, 15) is 4.79 Å². The summed E-state index contributed by atoms with van der Waals surface area (Å²) in [6.45, 7) is 6.10. The summed E-state index contributed by atoms with van der Waals surface area (Å²) in [7, 11) is 3.47. The Morgan fingerprint density at radius 2 is 1.97 bits per heavy atom. The number of nitrogen functional groups attached to an aromatic ring is 1. The monoisotopic (exact) mass is 410 g/mol. The van der Waals surface area contributed by atoms with Crippen LogP contribution >= 0.6 is 11.3 Å². The molecule has 1 aliphatic rings. The third-order valence-electron chi connectivity index (χ3n) is 5.79. The van der Waals surface area contributed by atoms with Crippen molar-refractivity contribution < 1.29 is 4.79 Å². The SMILES string of the molecule is Cc1cc(N2CCC(C)(c3ccc4c(N)c(C(=O)N(C)C)sc4n3)CC2)ncn1. The van der Waals surface area contributed by atoms with Crippen molar-refractivity contribution in [3.05, 3.63) is 40.8 Å². The number of fused-ring (bicyclic) bond motifs is 1. The number of carbonyl (C=O) groups excluding carboxylic acids is 1. The van der Waals surface area contributed by atoms with Crippen LogP contribution in [0.15, 0.2) is 24.5 Å². The molecule has 1 saturated heterocycles. The number of nitrogens with two attached hydrogens (primary N) is 1. The number of aryl methyl sites for hydroxylation is 1. The molecule has 152 valence electrons. The van der Waals surface area contributed by atoms with Crippen LogP contribution in [0.3, 0.4) is 0 Å². The average molecular weight is 411 g/mol. The Balaban J connectivity index is 1.59. The lowest BCUT2D eigenvalue weighted by atomic mass is 9.77. The summed E-state index contributed by atoms with van der Waals surface area (Å²) < 4.78 is 0. The largest absolute Gasteiger partial charge is 0.397 e. The lowest BCUT2D eigenvalue weighted by Gasteiger charge is -2.39. The second kappa shape index (κ2) is 7.26. The summed E-state index contributed by atoms with van der Waals surface area (Å²) in [6.07, 6.45) is 3.60. The molecular weight excluding hydrogens is 384 g/mol. The molecule has 0 bridgehead atoms. The Kier molecular flexibility index (Phi) is 4.90. The number of aromatic nitrogens is 3. The average Bonchev–Trinajstić information content (AvgIpc) is 3.04. The number of carbonyl (C=O) groups is 1. The molecule has 0 saturated carbocycles. The Hall–Kier alpha value is -2.74. The van der Waals surface area contributed by atoms with Gasteiger partial charge in [-0.2, -0.15) is 0 Å². The van der Waals surface area contributed by atoms with E-state index in [4.69, 9.17) is 10.7 Å². The fourth-order valence-electron chi connectivity index (χ4n) is 3.79. The van der Waals surface area contributed by atoms with E-state index in [2.05, 4.69) is 27.9 Å². The zero-order valence-corrected chi connectivity index (χ0v) is 18.1. The van der Waals surface area contributed by atoms with Gasteiger partial charge in [0.25, 0.3) is 5.91 Å². The molecule has 0 radical (unpaired) electrons. The van der Waals surface area contributed by atoms with Crippen LogP contribution in [-0.4, -0.2) is 52.9 Å². The lowest BCUT2D eigenvalue weighted by Crippen LogP contribution is -2.41. The molecule has 0 spiro atoms. The molecule has 0 aromatic carbocycles. The maximum atomic E-state index is 12.4. The summed E-state index contributed by atoms with van der Waals surface area (Å²) in [5.41, 5.74) is 8.79. The van der Waals surface area contributed by atoms with E-state index in [-0.39, 0.29) is 11.3 Å². The van der Waals surface area contributed by atoms with Crippen molar-refractivity contribution in [2.24, 2.45) is 0 Å².